The van der Waals surface area contributed by atoms with Gasteiger partial charge in [0.1, 0.15) is 5.75 Å². The SMILES string of the molecule is CN=C(NCCOC)NCc1ccc(C)cc1OC(C)C. The predicted octanol–water partition coefficient (Wildman–Crippen LogP) is 2.09. The highest BCUT2D eigenvalue weighted by atomic mass is 16.5. The number of guanidine groups is 1. The van der Waals surface area contributed by atoms with Crippen molar-refractivity contribution in [2.24, 2.45) is 4.99 Å². The molecule has 0 atom stereocenters. The smallest absolute Gasteiger partial charge is 0.191 e. The van der Waals surface area contributed by atoms with Gasteiger partial charge in [-0.25, -0.2) is 0 Å². The summed E-state index contributed by atoms with van der Waals surface area (Å²) in [5.74, 6) is 1.67. The van der Waals surface area contributed by atoms with Crippen LogP contribution >= 0.6 is 0 Å². The van der Waals surface area contributed by atoms with Gasteiger partial charge >= 0.3 is 0 Å². The number of benzene rings is 1. The topological polar surface area (TPSA) is 54.9 Å². The highest BCUT2D eigenvalue weighted by Crippen LogP contribution is 2.21. The lowest BCUT2D eigenvalue weighted by atomic mass is 10.1. The Morgan fingerprint density at radius 1 is 1.29 bits per heavy atom. The predicted molar refractivity (Wildman–Crippen MR) is 87.0 cm³/mol. The maximum Gasteiger partial charge on any atom is 0.191 e. The second-order valence-corrected chi connectivity index (χ2v) is 5.12. The molecule has 5 nitrogen and oxygen atoms in total. The van der Waals surface area contributed by atoms with Gasteiger partial charge in [-0.3, -0.25) is 4.99 Å². The lowest BCUT2D eigenvalue weighted by Crippen LogP contribution is -2.38. The number of aryl methyl sites for hydroxylation is 1. The molecule has 0 saturated heterocycles. The fourth-order valence-corrected chi connectivity index (χ4v) is 1.84. The number of ether oxygens (including phenoxy) is 2. The van der Waals surface area contributed by atoms with Gasteiger partial charge in [-0.15, -0.1) is 0 Å². The number of aliphatic imine (C=N–C) groups is 1. The number of hydrogen-bond donors (Lipinski definition) is 2. The van der Waals surface area contributed by atoms with Gasteiger partial charge in [0.2, 0.25) is 0 Å². The summed E-state index contributed by atoms with van der Waals surface area (Å²) in [4.78, 5) is 4.18. The van der Waals surface area contributed by atoms with E-state index >= 15 is 0 Å². The van der Waals surface area contributed by atoms with Crippen LogP contribution in [-0.4, -0.2) is 39.4 Å². The van der Waals surface area contributed by atoms with Crippen LogP contribution in [0.1, 0.15) is 25.0 Å². The third kappa shape index (κ3) is 6.49. The summed E-state index contributed by atoms with van der Waals surface area (Å²) in [6, 6.07) is 6.24. The lowest BCUT2D eigenvalue weighted by Gasteiger charge is -2.17. The molecule has 21 heavy (non-hydrogen) atoms. The minimum atomic E-state index is 0.157. The zero-order chi connectivity index (χ0) is 15.7. The normalized spacial score (nSPS) is 11.6. The van der Waals surface area contributed by atoms with Crippen molar-refractivity contribution in [1.82, 2.24) is 10.6 Å². The Kier molecular flexibility index (Phi) is 7.61. The van der Waals surface area contributed by atoms with Crippen molar-refractivity contribution in [3.8, 4) is 5.75 Å². The van der Waals surface area contributed by atoms with E-state index in [1.165, 1.54) is 5.56 Å². The third-order valence-electron chi connectivity index (χ3n) is 2.85. The van der Waals surface area contributed by atoms with Crippen molar-refractivity contribution in [3.05, 3.63) is 29.3 Å². The average Bonchev–Trinajstić information content (AvgIpc) is 2.43. The van der Waals surface area contributed by atoms with Gasteiger partial charge in [-0.05, 0) is 32.4 Å². The number of nitrogens with zero attached hydrogens (tertiary/aromatic N) is 1. The molecule has 0 spiro atoms. The van der Waals surface area contributed by atoms with E-state index in [2.05, 4.69) is 40.7 Å². The van der Waals surface area contributed by atoms with Crippen molar-refractivity contribution >= 4 is 5.96 Å². The van der Waals surface area contributed by atoms with Crippen LogP contribution in [0.25, 0.3) is 0 Å². The summed E-state index contributed by atoms with van der Waals surface area (Å²) in [6.45, 7) is 8.16. The molecule has 0 saturated carbocycles. The Labute approximate surface area is 127 Å². The molecule has 0 unspecified atom stereocenters. The molecule has 1 aromatic rings. The molecule has 0 aromatic heterocycles. The van der Waals surface area contributed by atoms with E-state index in [9.17, 15) is 0 Å². The summed E-state index contributed by atoms with van der Waals surface area (Å²) < 4.78 is 10.9. The van der Waals surface area contributed by atoms with Crippen molar-refractivity contribution < 1.29 is 9.47 Å². The van der Waals surface area contributed by atoms with Crippen molar-refractivity contribution in [1.29, 1.82) is 0 Å². The molecule has 0 radical (unpaired) electrons. The largest absolute Gasteiger partial charge is 0.491 e. The maximum atomic E-state index is 5.87. The molecule has 0 aliphatic heterocycles. The second-order valence-electron chi connectivity index (χ2n) is 5.12. The van der Waals surface area contributed by atoms with Gasteiger partial charge in [0.15, 0.2) is 5.96 Å². The van der Waals surface area contributed by atoms with Gasteiger partial charge in [0.05, 0.1) is 12.7 Å². The Morgan fingerprint density at radius 3 is 2.67 bits per heavy atom. The molecule has 0 heterocycles. The van der Waals surface area contributed by atoms with Gasteiger partial charge in [-0.1, -0.05) is 12.1 Å². The van der Waals surface area contributed by atoms with Crippen LogP contribution in [0.4, 0.5) is 0 Å². The molecule has 0 bridgehead atoms. The zero-order valence-electron chi connectivity index (χ0n) is 13.7. The van der Waals surface area contributed by atoms with Gasteiger partial charge in [0, 0.05) is 32.8 Å². The number of rotatable bonds is 7. The highest BCUT2D eigenvalue weighted by Gasteiger charge is 2.07. The maximum absolute atomic E-state index is 5.87. The monoisotopic (exact) mass is 293 g/mol. The van der Waals surface area contributed by atoms with E-state index in [0.29, 0.717) is 13.2 Å². The van der Waals surface area contributed by atoms with Crippen molar-refractivity contribution in [2.75, 3.05) is 27.3 Å². The lowest BCUT2D eigenvalue weighted by molar-refractivity contribution is 0.203. The number of nitrogens with one attached hydrogen (secondary N) is 2. The fourth-order valence-electron chi connectivity index (χ4n) is 1.84. The van der Waals surface area contributed by atoms with Crippen LogP contribution in [0.3, 0.4) is 0 Å². The van der Waals surface area contributed by atoms with Gasteiger partial charge in [0.25, 0.3) is 0 Å². The van der Waals surface area contributed by atoms with Gasteiger partial charge in [-0.2, -0.15) is 0 Å². The summed E-state index contributed by atoms with van der Waals surface area (Å²) in [5.41, 5.74) is 2.31. The van der Waals surface area contributed by atoms with E-state index in [4.69, 9.17) is 9.47 Å². The van der Waals surface area contributed by atoms with Crippen LogP contribution in [0.15, 0.2) is 23.2 Å². The number of hydrogen-bond acceptors (Lipinski definition) is 3. The Hall–Kier alpha value is -1.75. The van der Waals surface area contributed by atoms with E-state index in [1.807, 2.05) is 13.8 Å². The number of methoxy groups -OCH3 is 1. The summed E-state index contributed by atoms with van der Waals surface area (Å²) in [5, 5.41) is 6.47. The molecule has 0 amide bonds. The van der Waals surface area contributed by atoms with E-state index in [1.54, 1.807) is 14.2 Å². The third-order valence-corrected chi connectivity index (χ3v) is 2.85. The summed E-state index contributed by atoms with van der Waals surface area (Å²) >= 11 is 0. The highest BCUT2D eigenvalue weighted by molar-refractivity contribution is 5.79. The van der Waals surface area contributed by atoms with Gasteiger partial charge < -0.3 is 20.1 Å². The van der Waals surface area contributed by atoms with Crippen molar-refractivity contribution in [2.45, 2.75) is 33.4 Å². The zero-order valence-corrected chi connectivity index (χ0v) is 13.7. The second kappa shape index (κ2) is 9.23. The van der Waals surface area contributed by atoms with Crippen LogP contribution in [0.2, 0.25) is 0 Å². The average molecular weight is 293 g/mol. The molecular formula is C16H27N3O2. The van der Waals surface area contributed by atoms with Crippen LogP contribution in [0, 0.1) is 6.92 Å². The minimum absolute atomic E-state index is 0.157. The minimum Gasteiger partial charge on any atom is -0.491 e. The first-order valence-electron chi connectivity index (χ1n) is 7.26. The molecule has 0 fully saturated rings. The van der Waals surface area contributed by atoms with Crippen LogP contribution < -0.4 is 15.4 Å². The summed E-state index contributed by atoms with van der Waals surface area (Å²) in [7, 11) is 3.43. The van der Waals surface area contributed by atoms with Crippen molar-refractivity contribution in [3.63, 3.8) is 0 Å². The molecule has 5 heteroatoms. The molecule has 1 aromatic carbocycles. The summed E-state index contributed by atoms with van der Waals surface area (Å²) in [6.07, 6.45) is 0.157. The first kappa shape index (κ1) is 17.3. The quantitative estimate of drug-likeness (QED) is 0.459. The Balaban J connectivity index is 2.64. The molecule has 0 aliphatic rings. The molecule has 0 aliphatic carbocycles. The molecular weight excluding hydrogens is 266 g/mol. The Morgan fingerprint density at radius 2 is 2.05 bits per heavy atom. The van der Waals surface area contributed by atoms with E-state index in [0.717, 1.165) is 23.8 Å². The first-order valence-corrected chi connectivity index (χ1v) is 7.26. The molecule has 118 valence electrons. The molecule has 1 rings (SSSR count). The molecule has 2 N–H and O–H groups in total. The van der Waals surface area contributed by atoms with E-state index < -0.39 is 0 Å². The fraction of sp³-hybridized carbons (Fsp3) is 0.562. The van der Waals surface area contributed by atoms with Crippen LogP contribution in [0.5, 0.6) is 5.75 Å². The Bertz CT molecular complexity index is 459. The standard InChI is InChI=1S/C16H27N3O2/c1-12(2)21-15-10-13(3)6-7-14(15)11-19-16(17-4)18-8-9-20-5/h6-7,10,12H,8-9,11H2,1-5H3,(H2,17,18,19). The van der Waals surface area contributed by atoms with Crippen LogP contribution in [-0.2, 0) is 11.3 Å². The first-order chi connectivity index (χ1) is 10.1. The van der Waals surface area contributed by atoms with E-state index in [-0.39, 0.29) is 6.10 Å².